The summed E-state index contributed by atoms with van der Waals surface area (Å²) in [5, 5.41) is 3.70. The van der Waals surface area contributed by atoms with Gasteiger partial charge in [0.2, 0.25) is 5.91 Å². The van der Waals surface area contributed by atoms with Gasteiger partial charge >= 0.3 is 6.03 Å². The third-order valence-corrected chi connectivity index (χ3v) is 4.75. The summed E-state index contributed by atoms with van der Waals surface area (Å²) in [4.78, 5) is 26.6. The fourth-order valence-electron chi connectivity index (χ4n) is 3.40. The van der Waals surface area contributed by atoms with Crippen LogP contribution in [-0.2, 0) is 4.79 Å². The molecule has 0 spiro atoms. The van der Waals surface area contributed by atoms with Gasteiger partial charge in [-0.3, -0.25) is 4.79 Å². The van der Waals surface area contributed by atoms with Gasteiger partial charge in [0.05, 0.1) is 0 Å². The van der Waals surface area contributed by atoms with E-state index in [1.165, 1.54) is 0 Å². The molecule has 2 rings (SSSR count). The summed E-state index contributed by atoms with van der Waals surface area (Å²) in [6.45, 7) is 1.65. The number of carbonyl (C=O) groups excluding carboxylic acids is 2. The summed E-state index contributed by atoms with van der Waals surface area (Å²) >= 11 is 0. The molecule has 0 radical (unpaired) electrons. The third kappa shape index (κ3) is 4.33. The van der Waals surface area contributed by atoms with Crippen molar-refractivity contribution in [1.29, 1.82) is 0 Å². The highest BCUT2D eigenvalue weighted by Crippen LogP contribution is 2.25. The maximum atomic E-state index is 11.9. The highest BCUT2D eigenvalue weighted by molar-refractivity contribution is 5.76. The molecule has 0 aromatic rings. The second-order valence-electron chi connectivity index (χ2n) is 6.56. The monoisotopic (exact) mass is 296 g/mol. The van der Waals surface area contributed by atoms with Crippen LogP contribution < -0.4 is 11.1 Å². The van der Waals surface area contributed by atoms with Crippen molar-refractivity contribution in [2.24, 2.45) is 11.7 Å². The first-order valence-corrected chi connectivity index (χ1v) is 7.99. The SMILES string of the molecule is CN(C)C(=O)N1CCC(NC2CCC(C(N)=O)CC2)CC1. The molecule has 1 saturated heterocycles. The molecule has 3 amide bonds. The Balaban J connectivity index is 1.70. The molecule has 3 N–H and O–H groups in total. The van der Waals surface area contributed by atoms with Crippen molar-refractivity contribution >= 4 is 11.9 Å². The van der Waals surface area contributed by atoms with Crippen LogP contribution in [0.15, 0.2) is 0 Å². The summed E-state index contributed by atoms with van der Waals surface area (Å²) in [6, 6.07) is 1.10. The Kier molecular flexibility index (Phi) is 5.45. The Bertz CT molecular complexity index is 370. The van der Waals surface area contributed by atoms with Gasteiger partial charge in [0.25, 0.3) is 0 Å². The molecule has 1 aliphatic heterocycles. The fourth-order valence-corrected chi connectivity index (χ4v) is 3.40. The van der Waals surface area contributed by atoms with Crippen LogP contribution in [0.25, 0.3) is 0 Å². The lowest BCUT2D eigenvalue weighted by molar-refractivity contribution is -0.122. The summed E-state index contributed by atoms with van der Waals surface area (Å²) in [7, 11) is 3.59. The van der Waals surface area contributed by atoms with Crippen LogP contribution in [0, 0.1) is 5.92 Å². The van der Waals surface area contributed by atoms with E-state index in [-0.39, 0.29) is 17.9 Å². The van der Waals surface area contributed by atoms with Gasteiger partial charge in [-0.15, -0.1) is 0 Å². The number of nitrogens with two attached hydrogens (primary N) is 1. The highest BCUT2D eigenvalue weighted by Gasteiger charge is 2.28. The van der Waals surface area contributed by atoms with Crippen molar-refractivity contribution in [3.63, 3.8) is 0 Å². The second kappa shape index (κ2) is 7.11. The fraction of sp³-hybridized carbons (Fsp3) is 0.867. The smallest absolute Gasteiger partial charge is 0.319 e. The predicted octanol–water partition coefficient (Wildman–Crippen LogP) is 0.766. The Morgan fingerprint density at radius 1 is 1.00 bits per heavy atom. The molecule has 0 unspecified atom stereocenters. The summed E-state index contributed by atoms with van der Waals surface area (Å²) in [5.74, 6) is -0.0773. The predicted molar refractivity (Wildman–Crippen MR) is 81.8 cm³/mol. The topological polar surface area (TPSA) is 78.7 Å². The zero-order chi connectivity index (χ0) is 15.4. The van der Waals surface area contributed by atoms with Crippen molar-refractivity contribution in [2.75, 3.05) is 27.2 Å². The first-order chi connectivity index (χ1) is 9.97. The summed E-state index contributed by atoms with van der Waals surface area (Å²) in [5.41, 5.74) is 5.36. The number of rotatable bonds is 3. The average Bonchev–Trinajstić information content (AvgIpc) is 2.47. The number of nitrogens with one attached hydrogen (secondary N) is 1. The Morgan fingerprint density at radius 3 is 2.00 bits per heavy atom. The molecule has 6 heteroatoms. The van der Waals surface area contributed by atoms with Gasteiger partial charge in [-0.2, -0.15) is 0 Å². The third-order valence-electron chi connectivity index (χ3n) is 4.75. The molecule has 120 valence electrons. The first-order valence-electron chi connectivity index (χ1n) is 7.99. The number of hydrogen-bond acceptors (Lipinski definition) is 3. The number of nitrogens with zero attached hydrogens (tertiary/aromatic N) is 2. The number of piperidine rings is 1. The van der Waals surface area contributed by atoms with Crippen LogP contribution in [0.2, 0.25) is 0 Å². The van der Waals surface area contributed by atoms with Crippen molar-refractivity contribution in [1.82, 2.24) is 15.1 Å². The number of carbonyl (C=O) groups is 2. The lowest BCUT2D eigenvalue weighted by atomic mass is 9.85. The van der Waals surface area contributed by atoms with Crippen molar-refractivity contribution in [3.8, 4) is 0 Å². The molecular formula is C15H28N4O2. The molecule has 21 heavy (non-hydrogen) atoms. The zero-order valence-corrected chi connectivity index (χ0v) is 13.2. The molecule has 0 bridgehead atoms. The minimum Gasteiger partial charge on any atom is -0.369 e. The van der Waals surface area contributed by atoms with Crippen LogP contribution in [0.3, 0.4) is 0 Å². The summed E-state index contributed by atoms with van der Waals surface area (Å²) in [6.07, 6.45) is 5.90. The van der Waals surface area contributed by atoms with Gasteiger partial charge in [0, 0.05) is 45.2 Å². The molecule has 2 fully saturated rings. The van der Waals surface area contributed by atoms with E-state index in [2.05, 4.69) is 5.32 Å². The molecule has 0 aromatic heterocycles. The largest absolute Gasteiger partial charge is 0.369 e. The molecule has 1 heterocycles. The quantitative estimate of drug-likeness (QED) is 0.807. The van der Waals surface area contributed by atoms with E-state index < -0.39 is 0 Å². The van der Waals surface area contributed by atoms with Crippen LogP contribution in [0.4, 0.5) is 4.79 Å². The normalized spacial score (nSPS) is 27.4. The van der Waals surface area contributed by atoms with Gasteiger partial charge < -0.3 is 20.9 Å². The number of hydrogen-bond donors (Lipinski definition) is 2. The lowest BCUT2D eigenvalue weighted by Gasteiger charge is -2.37. The molecule has 0 atom stereocenters. The summed E-state index contributed by atoms with van der Waals surface area (Å²) < 4.78 is 0. The van der Waals surface area contributed by atoms with Crippen LogP contribution >= 0.6 is 0 Å². The van der Waals surface area contributed by atoms with Gasteiger partial charge in [-0.1, -0.05) is 0 Å². The minimum atomic E-state index is -0.149. The van der Waals surface area contributed by atoms with Crippen LogP contribution in [0.1, 0.15) is 38.5 Å². The van der Waals surface area contributed by atoms with Crippen molar-refractivity contribution in [2.45, 2.75) is 50.6 Å². The van der Waals surface area contributed by atoms with E-state index in [4.69, 9.17) is 5.73 Å². The van der Waals surface area contributed by atoms with Gasteiger partial charge in [-0.05, 0) is 38.5 Å². The van der Waals surface area contributed by atoms with E-state index in [1.807, 2.05) is 4.90 Å². The van der Waals surface area contributed by atoms with Gasteiger partial charge in [0.15, 0.2) is 0 Å². The molecule has 0 aromatic carbocycles. The molecule has 6 nitrogen and oxygen atoms in total. The minimum absolute atomic E-state index is 0.0719. The standard InChI is InChI=1S/C15H28N4O2/c1-18(2)15(21)19-9-7-13(8-10-19)17-12-5-3-11(4-6-12)14(16)20/h11-13,17H,3-10H2,1-2H3,(H2,16,20). The average molecular weight is 296 g/mol. The Morgan fingerprint density at radius 2 is 1.52 bits per heavy atom. The lowest BCUT2D eigenvalue weighted by Crippen LogP contribution is -2.50. The molecular weight excluding hydrogens is 268 g/mol. The van der Waals surface area contributed by atoms with E-state index in [0.717, 1.165) is 51.6 Å². The van der Waals surface area contributed by atoms with Crippen LogP contribution in [0.5, 0.6) is 0 Å². The highest BCUT2D eigenvalue weighted by atomic mass is 16.2. The van der Waals surface area contributed by atoms with Gasteiger partial charge in [0.1, 0.15) is 0 Å². The van der Waals surface area contributed by atoms with Crippen LogP contribution in [-0.4, -0.2) is 61.0 Å². The van der Waals surface area contributed by atoms with E-state index in [1.54, 1.807) is 19.0 Å². The number of urea groups is 1. The van der Waals surface area contributed by atoms with Crippen molar-refractivity contribution < 1.29 is 9.59 Å². The second-order valence-corrected chi connectivity index (χ2v) is 6.56. The van der Waals surface area contributed by atoms with E-state index >= 15 is 0 Å². The molecule has 1 saturated carbocycles. The maximum absolute atomic E-state index is 11.9. The number of primary amides is 1. The number of amides is 3. The Hall–Kier alpha value is -1.30. The van der Waals surface area contributed by atoms with Gasteiger partial charge in [-0.25, -0.2) is 4.79 Å². The molecule has 2 aliphatic rings. The zero-order valence-electron chi connectivity index (χ0n) is 13.2. The first kappa shape index (κ1) is 16.1. The number of likely N-dealkylation sites (tertiary alicyclic amines) is 1. The maximum Gasteiger partial charge on any atom is 0.319 e. The van der Waals surface area contributed by atoms with E-state index in [9.17, 15) is 9.59 Å². The molecule has 1 aliphatic carbocycles. The van der Waals surface area contributed by atoms with E-state index in [0.29, 0.717) is 12.1 Å². The Labute approximate surface area is 127 Å². The van der Waals surface area contributed by atoms with Crippen molar-refractivity contribution in [3.05, 3.63) is 0 Å².